The number of nitrogens with zero attached hydrogens (tertiary/aromatic N) is 6. The van der Waals surface area contributed by atoms with E-state index < -0.39 is 35.9 Å². The van der Waals surface area contributed by atoms with Crippen LogP contribution in [0, 0.1) is 27.7 Å². The summed E-state index contributed by atoms with van der Waals surface area (Å²) < 4.78 is 27.6. The lowest BCUT2D eigenvalue weighted by molar-refractivity contribution is 0.00578. The number of aromatic nitrogens is 10. The number of H-pyrrole nitrogens is 4. The molecular weight excluding hydrogens is 935 g/mol. The number of halogens is 1. The zero-order valence-corrected chi connectivity index (χ0v) is 40.4. The van der Waals surface area contributed by atoms with Gasteiger partial charge < -0.3 is 48.1 Å². The van der Waals surface area contributed by atoms with Gasteiger partial charge >= 0.3 is 30.4 Å². The minimum atomic E-state index is -1.21. The Hall–Kier alpha value is -8.27. The summed E-state index contributed by atoms with van der Waals surface area (Å²) in [6.07, 6.45) is 0. The van der Waals surface area contributed by atoms with Crippen molar-refractivity contribution in [2.75, 3.05) is 7.11 Å². The lowest BCUT2D eigenvalue weighted by Gasteiger charge is -2.32. The maximum Gasteiger partial charge on any atom is 0.497 e. The van der Waals surface area contributed by atoms with Crippen LogP contribution in [0.15, 0.2) is 91.4 Å². The van der Waals surface area contributed by atoms with E-state index in [2.05, 4.69) is 55.4 Å². The largest absolute Gasteiger partial charge is 0.497 e. The maximum absolute atomic E-state index is 12.1. The number of carbonyl (C=O) groups excluding carboxylic acids is 1. The van der Waals surface area contributed by atoms with Crippen molar-refractivity contribution in [1.29, 1.82) is 0 Å². The summed E-state index contributed by atoms with van der Waals surface area (Å²) in [5.74, 6) is -0.457. The van der Waals surface area contributed by atoms with Gasteiger partial charge in [-0.05, 0) is 96.8 Å². The number of hydrogen-bond donors (Lipinski definition) is 5. The van der Waals surface area contributed by atoms with E-state index in [0.717, 1.165) is 39.2 Å². The lowest BCUT2D eigenvalue weighted by atomic mass is 9.76. The average Bonchev–Trinajstić information content (AvgIpc) is 4.13. The summed E-state index contributed by atoms with van der Waals surface area (Å²) in [6.45, 7) is 15.4. The van der Waals surface area contributed by atoms with E-state index in [1.807, 2.05) is 78.8 Å². The molecule has 1 fully saturated rings. The zero-order chi connectivity index (χ0) is 50.7. The number of ether oxygens (including phenoxy) is 1. The summed E-state index contributed by atoms with van der Waals surface area (Å²) in [7, 11) is 0.685. The van der Waals surface area contributed by atoms with Gasteiger partial charge in [0, 0.05) is 38.5 Å². The van der Waals surface area contributed by atoms with Crippen molar-refractivity contribution in [2.24, 2.45) is 0 Å². The molecule has 0 amide bonds. The second-order valence-corrected chi connectivity index (χ2v) is 18.1. The summed E-state index contributed by atoms with van der Waals surface area (Å²) >= 11 is 6.01. The third-order valence-electron chi connectivity index (χ3n) is 12.6. The number of carbonyl (C=O) groups is 2. The normalized spacial score (nSPS) is 13.9. The number of carboxylic acid groups (broad SMARTS) is 1. The van der Waals surface area contributed by atoms with Gasteiger partial charge in [0.1, 0.15) is 11.5 Å². The number of methoxy groups -OCH3 is 1. The highest BCUT2D eigenvalue weighted by molar-refractivity contribution is 6.65. The Morgan fingerprint density at radius 1 is 0.648 bits per heavy atom. The lowest BCUT2D eigenvalue weighted by Crippen LogP contribution is -2.41. The first kappa shape index (κ1) is 47.8. The number of aryl methyl sites for hydroxylation is 4. The van der Waals surface area contributed by atoms with Gasteiger partial charge in [-0.25, -0.2) is 19.2 Å². The smallest absolute Gasteiger partial charge is 0.476 e. The SMILES string of the molecule is COC(=O)c1nnc2ccccc2c1Cl.Cc1noc(C)c1-c1cc(-c2c(C(=O)O)nnc3ccccc23)c2[nH]c(=O)[nH]c2c1.Cc1noc(C)c1-c1cc(B2OC(C)(C)C(C)(C)O2)c2[nH]c(=O)[nH]c2c1. The van der Waals surface area contributed by atoms with Crippen LogP contribution in [0.5, 0.6) is 0 Å². The Balaban J connectivity index is 0.000000139. The third kappa shape index (κ3) is 8.74. The molecule has 0 atom stereocenters. The number of carboxylic acids is 1. The number of aromatic carboxylic acids is 1. The molecule has 1 aliphatic heterocycles. The van der Waals surface area contributed by atoms with Crippen molar-refractivity contribution < 1.29 is 37.8 Å². The molecule has 71 heavy (non-hydrogen) atoms. The fourth-order valence-electron chi connectivity index (χ4n) is 8.47. The van der Waals surface area contributed by atoms with Crippen molar-refractivity contribution in [1.82, 2.24) is 50.6 Å². The summed E-state index contributed by atoms with van der Waals surface area (Å²) in [5.41, 5.74) is 8.28. The molecule has 10 aromatic rings. The molecule has 1 aliphatic rings. The van der Waals surface area contributed by atoms with E-state index in [9.17, 15) is 24.3 Å². The van der Waals surface area contributed by atoms with Crippen molar-refractivity contribution >= 4 is 80.0 Å². The number of rotatable bonds is 6. The van der Waals surface area contributed by atoms with Crippen molar-refractivity contribution in [3.63, 3.8) is 0 Å². The van der Waals surface area contributed by atoms with Gasteiger partial charge in [-0.1, -0.05) is 64.4 Å². The van der Waals surface area contributed by atoms with Crippen LogP contribution in [-0.2, 0) is 14.0 Å². The zero-order valence-electron chi connectivity index (χ0n) is 39.7. The number of fused-ring (bicyclic) bond motifs is 4. The number of nitrogens with one attached hydrogen (secondary N) is 4. The molecule has 0 bridgehead atoms. The Morgan fingerprint density at radius 3 is 1.68 bits per heavy atom. The van der Waals surface area contributed by atoms with E-state index >= 15 is 0 Å². The van der Waals surface area contributed by atoms with Gasteiger partial charge in [-0.3, -0.25) is 0 Å². The number of hydrogen-bond acceptors (Lipinski definition) is 15. The maximum atomic E-state index is 12.1. The van der Waals surface area contributed by atoms with Crippen LogP contribution in [0.3, 0.4) is 0 Å². The van der Waals surface area contributed by atoms with Gasteiger partial charge in [0.05, 0.1) is 67.8 Å². The van der Waals surface area contributed by atoms with E-state index in [-0.39, 0.29) is 22.1 Å². The van der Waals surface area contributed by atoms with Crippen LogP contribution >= 0.6 is 11.6 Å². The summed E-state index contributed by atoms with van der Waals surface area (Å²) in [5, 5.41) is 35.0. The van der Waals surface area contributed by atoms with Gasteiger partial charge in [-0.2, -0.15) is 0 Å². The Labute approximate surface area is 407 Å². The predicted octanol–water partition coefficient (Wildman–Crippen LogP) is 7.93. The molecule has 360 valence electrons. The standard InChI is InChI=1S/C21H15N5O4.C18H22BN3O4.C10H7ClN2O2/c1-9-16(10(2)30-26-9)11-7-13(18-15(8-11)22-21(29)23-18)17-12-5-3-4-6-14(12)24-25-19(17)20(27)28;1-9-14(10(2)24-22-9)11-7-12(15-13(8-11)20-16(23)21-15)19-25-17(3,4)18(5,6)26-19;1-15-10(14)9-8(11)6-4-2-3-5-7(6)12-13-9/h3-8H,1-2H3,(H,27,28)(H2,22,23,29);7-8H,1-6H3,(H2,20,21,23);2-5H,1H3. The summed E-state index contributed by atoms with van der Waals surface area (Å²) in [6, 6.07) is 21.8. The highest BCUT2D eigenvalue weighted by atomic mass is 35.5. The van der Waals surface area contributed by atoms with E-state index in [1.54, 1.807) is 49.4 Å². The fraction of sp³-hybridized carbons (Fsp3) is 0.224. The van der Waals surface area contributed by atoms with Crippen LogP contribution in [0.1, 0.15) is 71.6 Å². The molecule has 7 heterocycles. The molecule has 0 unspecified atom stereocenters. The second kappa shape index (κ2) is 18.2. The van der Waals surface area contributed by atoms with Crippen molar-refractivity contribution in [3.8, 4) is 33.4 Å². The Kier molecular flexibility index (Phi) is 12.3. The number of esters is 1. The predicted molar refractivity (Wildman–Crippen MR) is 265 cm³/mol. The van der Waals surface area contributed by atoms with Crippen LogP contribution in [0.25, 0.3) is 77.3 Å². The quantitative estimate of drug-likeness (QED) is 0.0781. The molecule has 20 nitrogen and oxygen atoms in total. The molecule has 4 aromatic carbocycles. The molecule has 0 spiro atoms. The number of imidazole rings is 2. The average molecular weight is 979 g/mol. The molecule has 0 aliphatic carbocycles. The van der Waals surface area contributed by atoms with Gasteiger partial charge in [0.15, 0.2) is 11.4 Å². The van der Waals surface area contributed by atoms with Crippen LogP contribution in [0.4, 0.5) is 0 Å². The van der Waals surface area contributed by atoms with Crippen molar-refractivity contribution in [3.05, 3.63) is 133 Å². The van der Waals surface area contributed by atoms with Crippen molar-refractivity contribution in [2.45, 2.75) is 66.6 Å². The molecule has 11 rings (SSSR count). The van der Waals surface area contributed by atoms with E-state index in [4.69, 9.17) is 30.0 Å². The molecule has 1 saturated heterocycles. The number of aromatic amines is 4. The Morgan fingerprint density at radius 2 is 1.14 bits per heavy atom. The van der Waals surface area contributed by atoms with Crippen LogP contribution in [0.2, 0.25) is 5.02 Å². The molecule has 5 N–H and O–H groups in total. The Bertz CT molecular complexity index is 3810. The molecule has 6 aromatic heterocycles. The molecule has 0 radical (unpaired) electrons. The third-order valence-corrected chi connectivity index (χ3v) is 12.9. The molecular formula is C49H44BClN10O10. The van der Waals surface area contributed by atoms with Crippen LogP contribution in [-0.4, -0.2) is 93.1 Å². The highest BCUT2D eigenvalue weighted by Crippen LogP contribution is 2.40. The van der Waals surface area contributed by atoms with Crippen LogP contribution < -0.4 is 16.8 Å². The van der Waals surface area contributed by atoms with E-state index in [0.29, 0.717) is 66.5 Å². The first-order valence-corrected chi connectivity index (χ1v) is 22.4. The van der Waals surface area contributed by atoms with Gasteiger partial charge in [0.2, 0.25) is 0 Å². The topological polar surface area (TPSA) is 283 Å². The molecule has 0 saturated carbocycles. The molecule has 22 heteroatoms. The highest BCUT2D eigenvalue weighted by Gasteiger charge is 2.52. The monoisotopic (exact) mass is 978 g/mol. The van der Waals surface area contributed by atoms with E-state index in [1.165, 1.54) is 7.11 Å². The summed E-state index contributed by atoms with van der Waals surface area (Å²) in [4.78, 5) is 58.5. The fourth-order valence-corrected chi connectivity index (χ4v) is 8.74. The second-order valence-electron chi connectivity index (χ2n) is 17.7. The first-order valence-electron chi connectivity index (χ1n) is 22.0. The first-order chi connectivity index (χ1) is 33.8. The number of benzene rings is 4. The minimum Gasteiger partial charge on any atom is -0.476 e. The minimum absolute atomic E-state index is 0.0397. The van der Waals surface area contributed by atoms with Gasteiger partial charge in [0.25, 0.3) is 0 Å². The van der Waals surface area contributed by atoms with Gasteiger partial charge in [-0.15, -0.1) is 20.4 Å².